The van der Waals surface area contributed by atoms with Gasteiger partial charge in [0.15, 0.2) is 10.1 Å². The third-order valence-corrected chi connectivity index (χ3v) is 5.06. The lowest BCUT2D eigenvalue weighted by Crippen LogP contribution is -2.37. The van der Waals surface area contributed by atoms with Crippen molar-refractivity contribution in [2.75, 3.05) is 0 Å². The maximum absolute atomic E-state index is 6.23. The standard InChI is InChI=1S/C13H15ClN6S/c1-8-17-18-11-3-2-9(7-20(8)11)15-6-10-12(14)16-13-19(10)4-5-21-13/h4-5,9,15H,2-3,6-7H2,1H3. The van der Waals surface area contributed by atoms with Gasteiger partial charge in [0, 0.05) is 37.1 Å². The van der Waals surface area contributed by atoms with Crippen molar-refractivity contribution in [3.8, 4) is 0 Å². The van der Waals surface area contributed by atoms with Crippen molar-refractivity contribution in [1.82, 2.24) is 29.5 Å². The number of nitrogens with one attached hydrogen (secondary N) is 1. The molecule has 0 saturated heterocycles. The van der Waals surface area contributed by atoms with Crippen molar-refractivity contribution in [3.63, 3.8) is 0 Å². The molecule has 1 aliphatic heterocycles. The largest absolute Gasteiger partial charge is 0.314 e. The van der Waals surface area contributed by atoms with E-state index in [-0.39, 0.29) is 0 Å². The van der Waals surface area contributed by atoms with Crippen LogP contribution in [-0.4, -0.2) is 30.2 Å². The maximum atomic E-state index is 6.23. The average Bonchev–Trinajstić information content (AvgIpc) is 3.13. The first-order valence-corrected chi connectivity index (χ1v) is 8.20. The Morgan fingerprint density at radius 3 is 3.29 bits per heavy atom. The predicted octanol–water partition coefficient (Wildman–Crippen LogP) is 2.05. The van der Waals surface area contributed by atoms with E-state index >= 15 is 0 Å². The molecule has 3 aromatic heterocycles. The highest BCUT2D eigenvalue weighted by Gasteiger charge is 2.22. The summed E-state index contributed by atoms with van der Waals surface area (Å²) in [6.45, 7) is 3.64. The Morgan fingerprint density at radius 2 is 2.38 bits per heavy atom. The van der Waals surface area contributed by atoms with Crippen LogP contribution in [0.2, 0.25) is 5.15 Å². The van der Waals surface area contributed by atoms with E-state index < -0.39 is 0 Å². The second-order valence-corrected chi connectivity index (χ2v) is 6.53. The molecule has 21 heavy (non-hydrogen) atoms. The van der Waals surface area contributed by atoms with E-state index in [9.17, 15) is 0 Å². The van der Waals surface area contributed by atoms with Gasteiger partial charge in [0.25, 0.3) is 0 Å². The molecule has 110 valence electrons. The molecule has 0 aliphatic carbocycles. The topological polar surface area (TPSA) is 60.0 Å². The van der Waals surface area contributed by atoms with Crippen LogP contribution in [0.5, 0.6) is 0 Å². The van der Waals surface area contributed by atoms with Crippen LogP contribution < -0.4 is 5.32 Å². The molecular weight excluding hydrogens is 308 g/mol. The first kappa shape index (κ1) is 13.2. The molecule has 4 rings (SSSR count). The zero-order valence-corrected chi connectivity index (χ0v) is 13.2. The summed E-state index contributed by atoms with van der Waals surface area (Å²) in [5.74, 6) is 2.08. The normalized spacial score (nSPS) is 18.3. The van der Waals surface area contributed by atoms with Crippen LogP contribution in [0, 0.1) is 6.92 Å². The fourth-order valence-electron chi connectivity index (χ4n) is 2.83. The highest BCUT2D eigenvalue weighted by molar-refractivity contribution is 7.15. The molecule has 0 radical (unpaired) electrons. The van der Waals surface area contributed by atoms with Crippen LogP contribution >= 0.6 is 22.9 Å². The lowest BCUT2D eigenvalue weighted by Gasteiger charge is -2.24. The molecular formula is C13H15ClN6S. The Hall–Kier alpha value is -1.44. The number of thiazole rings is 1. The van der Waals surface area contributed by atoms with E-state index in [0.717, 1.165) is 48.2 Å². The molecule has 0 amide bonds. The maximum Gasteiger partial charge on any atom is 0.195 e. The lowest BCUT2D eigenvalue weighted by atomic mass is 10.1. The van der Waals surface area contributed by atoms with Crippen LogP contribution in [-0.2, 0) is 19.5 Å². The molecule has 0 fully saturated rings. The fourth-order valence-corrected chi connectivity index (χ4v) is 3.86. The van der Waals surface area contributed by atoms with E-state index in [1.165, 1.54) is 0 Å². The van der Waals surface area contributed by atoms with E-state index in [2.05, 4.69) is 29.5 Å². The third kappa shape index (κ3) is 2.25. The second kappa shape index (κ2) is 5.08. The van der Waals surface area contributed by atoms with E-state index in [1.807, 2.05) is 18.5 Å². The number of aromatic nitrogens is 5. The summed E-state index contributed by atoms with van der Waals surface area (Å²) < 4.78 is 4.25. The van der Waals surface area contributed by atoms with E-state index in [1.54, 1.807) is 11.3 Å². The number of hydrogen-bond acceptors (Lipinski definition) is 5. The third-order valence-electron chi connectivity index (χ3n) is 4.00. The van der Waals surface area contributed by atoms with Crippen LogP contribution in [0.25, 0.3) is 4.96 Å². The number of fused-ring (bicyclic) bond motifs is 2. The minimum absolute atomic E-state index is 0.410. The van der Waals surface area contributed by atoms with Crippen LogP contribution in [0.15, 0.2) is 11.6 Å². The zero-order valence-electron chi connectivity index (χ0n) is 11.6. The Balaban J connectivity index is 1.49. The molecule has 8 heteroatoms. The average molecular weight is 323 g/mol. The van der Waals surface area contributed by atoms with E-state index in [4.69, 9.17) is 11.6 Å². The minimum atomic E-state index is 0.410. The summed E-state index contributed by atoms with van der Waals surface area (Å²) in [6, 6.07) is 0.410. The number of rotatable bonds is 3. The minimum Gasteiger partial charge on any atom is -0.314 e. The number of imidazole rings is 1. The highest BCUT2D eigenvalue weighted by Crippen LogP contribution is 2.22. The Morgan fingerprint density at radius 1 is 1.48 bits per heavy atom. The molecule has 3 aromatic rings. The van der Waals surface area contributed by atoms with Crippen molar-refractivity contribution in [3.05, 3.63) is 34.1 Å². The van der Waals surface area contributed by atoms with Gasteiger partial charge >= 0.3 is 0 Å². The smallest absolute Gasteiger partial charge is 0.195 e. The highest BCUT2D eigenvalue weighted by atomic mass is 35.5. The lowest BCUT2D eigenvalue weighted by molar-refractivity contribution is 0.373. The van der Waals surface area contributed by atoms with Crippen molar-refractivity contribution in [2.45, 2.75) is 38.9 Å². The Bertz CT molecular complexity index is 788. The van der Waals surface area contributed by atoms with Crippen molar-refractivity contribution in [2.24, 2.45) is 0 Å². The van der Waals surface area contributed by atoms with Crippen LogP contribution in [0.4, 0.5) is 0 Å². The van der Waals surface area contributed by atoms with Gasteiger partial charge in [0.1, 0.15) is 11.6 Å². The monoisotopic (exact) mass is 322 g/mol. The fraction of sp³-hybridized carbons (Fsp3) is 0.462. The molecule has 1 N–H and O–H groups in total. The molecule has 1 unspecified atom stereocenters. The van der Waals surface area contributed by atoms with Gasteiger partial charge in [-0.05, 0) is 13.3 Å². The van der Waals surface area contributed by atoms with Crippen molar-refractivity contribution in [1.29, 1.82) is 0 Å². The van der Waals surface area contributed by atoms with Gasteiger partial charge in [-0.15, -0.1) is 21.5 Å². The predicted molar refractivity (Wildman–Crippen MR) is 81.8 cm³/mol. The summed E-state index contributed by atoms with van der Waals surface area (Å²) in [5.41, 5.74) is 1.03. The van der Waals surface area contributed by atoms with Crippen LogP contribution in [0.3, 0.4) is 0 Å². The molecule has 0 saturated carbocycles. The molecule has 6 nitrogen and oxygen atoms in total. The molecule has 0 spiro atoms. The molecule has 0 aromatic carbocycles. The first-order chi connectivity index (χ1) is 10.2. The molecule has 1 atom stereocenters. The Labute approximate surface area is 130 Å². The van der Waals surface area contributed by atoms with Gasteiger partial charge in [-0.2, -0.15) is 0 Å². The summed E-state index contributed by atoms with van der Waals surface area (Å²) in [4.78, 5) is 5.30. The van der Waals surface area contributed by atoms with Gasteiger partial charge in [0.2, 0.25) is 0 Å². The quantitative estimate of drug-likeness (QED) is 0.802. The molecule has 1 aliphatic rings. The van der Waals surface area contributed by atoms with Gasteiger partial charge in [-0.1, -0.05) is 11.6 Å². The summed E-state index contributed by atoms with van der Waals surface area (Å²) >= 11 is 7.82. The number of hydrogen-bond donors (Lipinski definition) is 1. The van der Waals surface area contributed by atoms with Gasteiger partial charge in [0.05, 0.1) is 5.69 Å². The zero-order chi connectivity index (χ0) is 14.4. The van der Waals surface area contributed by atoms with Gasteiger partial charge in [-0.25, -0.2) is 4.98 Å². The first-order valence-electron chi connectivity index (χ1n) is 6.94. The molecule has 0 bridgehead atoms. The van der Waals surface area contributed by atoms with Gasteiger partial charge < -0.3 is 9.88 Å². The Kier molecular flexibility index (Phi) is 3.20. The molecule has 4 heterocycles. The summed E-state index contributed by atoms with van der Waals surface area (Å²) in [7, 11) is 0. The van der Waals surface area contributed by atoms with Crippen LogP contribution in [0.1, 0.15) is 23.8 Å². The number of aryl methyl sites for hydroxylation is 2. The van der Waals surface area contributed by atoms with E-state index in [0.29, 0.717) is 11.2 Å². The summed E-state index contributed by atoms with van der Waals surface area (Å²) in [5, 5.41) is 14.5. The van der Waals surface area contributed by atoms with Crippen molar-refractivity contribution < 1.29 is 0 Å². The van der Waals surface area contributed by atoms with Crippen molar-refractivity contribution >= 4 is 27.9 Å². The second-order valence-electron chi connectivity index (χ2n) is 5.30. The van der Waals surface area contributed by atoms with Gasteiger partial charge in [-0.3, -0.25) is 4.40 Å². The summed E-state index contributed by atoms with van der Waals surface area (Å²) in [6.07, 6.45) is 4.05. The SMILES string of the molecule is Cc1nnc2n1CC(NCc1c(Cl)nc3sccn13)CC2. The number of nitrogens with zero attached hydrogens (tertiary/aromatic N) is 5. The number of halogens is 1.